The van der Waals surface area contributed by atoms with E-state index >= 15 is 0 Å². The summed E-state index contributed by atoms with van der Waals surface area (Å²) in [6, 6.07) is 4.85. The quantitative estimate of drug-likeness (QED) is 0.0874. The Labute approximate surface area is 310 Å². The second-order valence-electron chi connectivity index (χ2n) is 12.2. The maximum absolute atomic E-state index is 13.2. The second-order valence-corrected chi connectivity index (χ2v) is 13.2. The highest BCUT2D eigenvalue weighted by Gasteiger charge is 2.19. The number of primary amides is 1. The Morgan fingerprint density at radius 2 is 1.75 bits per heavy atom. The van der Waals surface area contributed by atoms with E-state index in [4.69, 9.17) is 25.4 Å². The van der Waals surface area contributed by atoms with Gasteiger partial charge in [0.05, 0.1) is 33.7 Å². The van der Waals surface area contributed by atoms with Crippen molar-refractivity contribution in [3.63, 3.8) is 0 Å². The van der Waals surface area contributed by atoms with E-state index in [9.17, 15) is 19.2 Å². The fraction of sp³-hybridized carbons (Fsp3) is 0.389. The van der Waals surface area contributed by atoms with Crippen molar-refractivity contribution in [1.82, 2.24) is 24.1 Å². The number of benzene rings is 1. The van der Waals surface area contributed by atoms with E-state index in [2.05, 4.69) is 25.7 Å². The lowest BCUT2D eigenvalue weighted by atomic mass is 10.2. The van der Waals surface area contributed by atoms with Gasteiger partial charge in [-0.25, -0.2) is 15.0 Å². The number of nitrogen functional groups attached to an aromatic ring is 1. The van der Waals surface area contributed by atoms with Crippen LogP contribution in [0.15, 0.2) is 46.0 Å². The Balaban J connectivity index is 0.000000860. The molecule has 0 atom stereocenters. The van der Waals surface area contributed by atoms with Crippen molar-refractivity contribution in [1.29, 1.82) is 0 Å². The lowest BCUT2D eigenvalue weighted by molar-refractivity contribution is -0.108. The third-order valence-electron chi connectivity index (χ3n) is 7.41. The minimum Gasteiger partial charge on any atom is -0.491 e. The molecule has 0 radical (unpaired) electrons. The number of methoxy groups -OCH3 is 1. The number of aromatic nitrogens is 5. The molecule has 5 rings (SSSR count). The molecule has 6 N–H and O–H groups in total. The monoisotopic (exact) mass is 749 g/mol. The van der Waals surface area contributed by atoms with Gasteiger partial charge in [-0.3, -0.25) is 19.0 Å². The van der Waals surface area contributed by atoms with Crippen LogP contribution in [0.1, 0.15) is 83.4 Å². The number of unbranched alkanes of at least 4 members (excludes halogenated alkanes) is 1. The standard InChI is InChI=1S/C30H30N8O6S.C5H12O.CH5N/c1-3-20-25(44-17(2)34-20)28(42)36-30-38(27-23(45-30)14-19(15-33-27)26(31)41)9-5-4-8-37-24-21(35-29(37)32)12-18(16-40)13-22(24)43-11-7-6-10-39;1-5(2,3)6-4;1-2/h4-5,10,12-16H,3,6-9,11H2,1-2H3,(H2,31,41)(H2,32,35);1-4H3;2H2,1H3/b5-4+,36-30?;;. The van der Waals surface area contributed by atoms with Crippen molar-refractivity contribution >= 4 is 63.1 Å². The van der Waals surface area contributed by atoms with Crippen LogP contribution >= 0.6 is 11.3 Å². The van der Waals surface area contributed by atoms with Gasteiger partial charge in [0.15, 0.2) is 16.3 Å². The fourth-order valence-electron chi connectivity index (χ4n) is 4.70. The summed E-state index contributed by atoms with van der Waals surface area (Å²) in [5.41, 5.74) is 19.0. The maximum atomic E-state index is 13.2. The zero-order valence-electron chi connectivity index (χ0n) is 31.0. The lowest BCUT2D eigenvalue weighted by Gasteiger charge is -2.14. The number of thiazole rings is 1. The lowest BCUT2D eigenvalue weighted by Crippen LogP contribution is -2.17. The Morgan fingerprint density at radius 1 is 1.08 bits per heavy atom. The van der Waals surface area contributed by atoms with Crippen molar-refractivity contribution in [2.24, 2.45) is 16.5 Å². The number of hydrogen-bond donors (Lipinski definition) is 3. The average Bonchev–Trinajstić information content (AvgIpc) is 3.80. The number of ether oxygens (including phenoxy) is 2. The van der Waals surface area contributed by atoms with Gasteiger partial charge in [0.2, 0.25) is 17.6 Å². The number of oxazole rings is 1. The van der Waals surface area contributed by atoms with Crippen molar-refractivity contribution in [3.8, 4) is 5.75 Å². The molecule has 53 heavy (non-hydrogen) atoms. The van der Waals surface area contributed by atoms with Crippen molar-refractivity contribution < 1.29 is 33.1 Å². The number of amides is 2. The molecule has 0 saturated carbocycles. The molecule has 0 bridgehead atoms. The highest BCUT2D eigenvalue weighted by molar-refractivity contribution is 7.16. The van der Waals surface area contributed by atoms with Crippen LogP contribution in [0.2, 0.25) is 0 Å². The van der Waals surface area contributed by atoms with Crippen LogP contribution in [0.25, 0.3) is 21.4 Å². The van der Waals surface area contributed by atoms with Crippen LogP contribution in [0.5, 0.6) is 5.75 Å². The maximum Gasteiger partial charge on any atom is 0.317 e. The Hall–Kier alpha value is -5.52. The van der Waals surface area contributed by atoms with Gasteiger partial charge in [-0.2, -0.15) is 4.99 Å². The Bertz CT molecular complexity index is 2150. The summed E-state index contributed by atoms with van der Waals surface area (Å²) in [6.45, 7) is 10.4. The van der Waals surface area contributed by atoms with Gasteiger partial charge in [-0.05, 0) is 58.9 Å². The van der Waals surface area contributed by atoms with E-state index in [1.54, 1.807) is 41.4 Å². The number of rotatable bonds is 13. The first-order valence-electron chi connectivity index (χ1n) is 16.7. The molecule has 16 nitrogen and oxygen atoms in total. The number of fused-ring (bicyclic) bond motifs is 2. The van der Waals surface area contributed by atoms with Crippen LogP contribution < -0.4 is 26.7 Å². The van der Waals surface area contributed by atoms with E-state index in [-0.39, 0.29) is 36.0 Å². The number of allylic oxidation sites excluding steroid dienone is 2. The predicted octanol–water partition coefficient (Wildman–Crippen LogP) is 4.16. The summed E-state index contributed by atoms with van der Waals surface area (Å²) in [5.74, 6) is -0.112. The van der Waals surface area contributed by atoms with Gasteiger partial charge >= 0.3 is 5.91 Å². The zero-order valence-corrected chi connectivity index (χ0v) is 31.9. The van der Waals surface area contributed by atoms with Gasteiger partial charge in [-0.1, -0.05) is 30.4 Å². The van der Waals surface area contributed by atoms with Crippen LogP contribution in [0.3, 0.4) is 0 Å². The molecule has 0 spiro atoms. The van der Waals surface area contributed by atoms with Crippen LogP contribution in [0.4, 0.5) is 5.95 Å². The number of pyridine rings is 1. The average molecular weight is 750 g/mol. The van der Waals surface area contributed by atoms with Gasteiger partial charge < -0.3 is 40.5 Å². The van der Waals surface area contributed by atoms with E-state index in [1.165, 1.54) is 24.6 Å². The molecular weight excluding hydrogens is 703 g/mol. The summed E-state index contributed by atoms with van der Waals surface area (Å²) >= 11 is 1.18. The number of anilines is 1. The van der Waals surface area contributed by atoms with Crippen LogP contribution in [-0.4, -0.2) is 74.8 Å². The fourth-order valence-corrected chi connectivity index (χ4v) is 5.73. The number of aryl methyl sites for hydroxylation is 2. The number of imidazole rings is 1. The number of aldehydes is 2. The van der Waals surface area contributed by atoms with E-state index < -0.39 is 11.8 Å². The normalized spacial score (nSPS) is 11.7. The summed E-state index contributed by atoms with van der Waals surface area (Å²) in [7, 11) is 3.21. The molecule has 0 saturated heterocycles. The number of carbonyl (C=O) groups is 4. The second kappa shape index (κ2) is 19.4. The minimum atomic E-state index is -0.624. The van der Waals surface area contributed by atoms with E-state index in [1.807, 2.05) is 39.8 Å². The first-order valence-corrected chi connectivity index (χ1v) is 17.6. The van der Waals surface area contributed by atoms with Crippen molar-refractivity contribution in [3.05, 3.63) is 69.8 Å². The molecule has 0 aliphatic heterocycles. The predicted molar refractivity (Wildman–Crippen MR) is 203 cm³/mol. The SMILES string of the molecule is CCc1nc(C)oc1C(=O)N=c1sc2cc(C(N)=O)cnc2n1C/C=C/Cn1c(N)nc2cc(C=O)cc(OCCCC=O)c21.CN.COC(C)(C)C. The first kappa shape index (κ1) is 41.9. The van der Waals surface area contributed by atoms with Gasteiger partial charge in [0.25, 0.3) is 0 Å². The van der Waals surface area contributed by atoms with E-state index in [0.29, 0.717) is 81.2 Å². The number of hydrogen-bond acceptors (Lipinski definition) is 13. The molecule has 0 fully saturated rings. The molecular formula is C36H47N9O7S. The molecule has 4 heterocycles. The van der Waals surface area contributed by atoms with Crippen molar-refractivity contribution in [2.75, 3.05) is 26.5 Å². The molecule has 2 amide bonds. The molecule has 0 aliphatic carbocycles. The smallest absolute Gasteiger partial charge is 0.317 e. The highest BCUT2D eigenvalue weighted by Crippen LogP contribution is 2.30. The summed E-state index contributed by atoms with van der Waals surface area (Å²) in [6.07, 6.45) is 7.98. The topological polar surface area (TPSA) is 239 Å². The van der Waals surface area contributed by atoms with Gasteiger partial charge in [-0.15, -0.1) is 0 Å². The summed E-state index contributed by atoms with van der Waals surface area (Å²) in [4.78, 5) is 64.9. The van der Waals surface area contributed by atoms with Gasteiger partial charge in [0.1, 0.15) is 23.8 Å². The molecule has 5 aromatic rings. The molecule has 0 unspecified atom stereocenters. The summed E-state index contributed by atoms with van der Waals surface area (Å²) < 4.78 is 20.5. The Kier molecular flexibility index (Phi) is 15.3. The number of carbonyl (C=O) groups excluding carboxylic acids is 4. The molecule has 4 aromatic heterocycles. The van der Waals surface area contributed by atoms with Crippen molar-refractivity contribution in [2.45, 2.75) is 72.6 Å². The minimum absolute atomic E-state index is 0.0417. The zero-order chi connectivity index (χ0) is 39.3. The first-order chi connectivity index (χ1) is 25.3. The third-order valence-corrected chi connectivity index (χ3v) is 8.42. The molecule has 0 aliphatic rings. The Morgan fingerprint density at radius 3 is 2.36 bits per heavy atom. The highest BCUT2D eigenvalue weighted by atomic mass is 32.1. The van der Waals surface area contributed by atoms with Gasteiger partial charge in [0, 0.05) is 45.3 Å². The third kappa shape index (κ3) is 11.0. The van der Waals surface area contributed by atoms with Crippen LogP contribution in [0, 0.1) is 6.92 Å². The molecule has 284 valence electrons. The van der Waals surface area contributed by atoms with E-state index in [0.717, 1.165) is 6.29 Å². The largest absolute Gasteiger partial charge is 0.491 e. The number of nitrogens with two attached hydrogens (primary N) is 3. The molecule has 17 heteroatoms. The molecule has 1 aromatic carbocycles. The van der Waals surface area contributed by atoms with Crippen LogP contribution in [-0.2, 0) is 29.0 Å². The number of nitrogens with zero attached hydrogens (tertiary/aromatic N) is 6. The summed E-state index contributed by atoms with van der Waals surface area (Å²) in [5, 5.41) is 0.